The van der Waals surface area contributed by atoms with E-state index in [2.05, 4.69) is 13.8 Å². The van der Waals surface area contributed by atoms with Crippen LogP contribution in [-0.2, 0) is 0 Å². The van der Waals surface area contributed by atoms with Crippen molar-refractivity contribution in [2.75, 3.05) is 0 Å². The van der Waals surface area contributed by atoms with Gasteiger partial charge in [-0.1, -0.05) is 32.0 Å². The first-order valence-electron chi connectivity index (χ1n) is 6.81. The number of hydrogen-bond acceptors (Lipinski definition) is 2. The third kappa shape index (κ3) is 4.02. The zero-order valence-corrected chi connectivity index (χ0v) is 11.5. The zero-order chi connectivity index (χ0) is 13.5. The smallest absolute Gasteiger partial charge is 0.127 e. The van der Waals surface area contributed by atoms with Gasteiger partial charge in [-0.15, -0.1) is 0 Å². The van der Waals surface area contributed by atoms with Gasteiger partial charge in [-0.05, 0) is 49.2 Å². The summed E-state index contributed by atoms with van der Waals surface area (Å²) in [6, 6.07) is 17.5. The molecule has 0 saturated heterocycles. The number of benzene rings is 2. The molecule has 0 saturated carbocycles. The van der Waals surface area contributed by atoms with Crippen molar-refractivity contribution in [1.29, 1.82) is 0 Å². The quantitative estimate of drug-likeness (QED) is 0.720. The van der Waals surface area contributed by atoms with Crippen LogP contribution in [0.15, 0.2) is 54.6 Å². The predicted molar refractivity (Wildman–Crippen MR) is 78.0 cm³/mol. The van der Waals surface area contributed by atoms with Gasteiger partial charge in [0.2, 0.25) is 0 Å². The van der Waals surface area contributed by atoms with Gasteiger partial charge in [0.15, 0.2) is 0 Å². The number of ether oxygens (including phenoxy) is 2. The van der Waals surface area contributed by atoms with Gasteiger partial charge >= 0.3 is 0 Å². The van der Waals surface area contributed by atoms with Crippen molar-refractivity contribution >= 4 is 0 Å². The summed E-state index contributed by atoms with van der Waals surface area (Å²) in [6.45, 7) is 4.28. The lowest BCUT2D eigenvalue weighted by Crippen LogP contribution is -2.13. The van der Waals surface area contributed by atoms with Gasteiger partial charge in [-0.25, -0.2) is 0 Å². The average Bonchev–Trinajstić information content (AvgIpc) is 2.47. The summed E-state index contributed by atoms with van der Waals surface area (Å²) in [4.78, 5) is 0. The molecule has 0 N–H and O–H groups in total. The van der Waals surface area contributed by atoms with E-state index < -0.39 is 0 Å². The molecule has 2 aromatic rings. The summed E-state index contributed by atoms with van der Waals surface area (Å²) >= 11 is 0. The molecule has 0 aliphatic rings. The van der Waals surface area contributed by atoms with Crippen LogP contribution in [0.25, 0.3) is 0 Å². The number of para-hydroxylation sites is 1. The standard InChI is InChI=1S/C17H20O2/c1-3-14(4-2)18-16-10-12-17(13-11-16)19-15-8-6-5-7-9-15/h5-14H,3-4H2,1-2H3. The van der Waals surface area contributed by atoms with Gasteiger partial charge in [0.1, 0.15) is 17.2 Å². The highest BCUT2D eigenvalue weighted by Crippen LogP contribution is 2.24. The molecular weight excluding hydrogens is 236 g/mol. The lowest BCUT2D eigenvalue weighted by molar-refractivity contribution is 0.192. The molecule has 0 aliphatic heterocycles. The Labute approximate surface area is 115 Å². The van der Waals surface area contributed by atoms with Crippen LogP contribution in [0.4, 0.5) is 0 Å². The maximum atomic E-state index is 5.86. The van der Waals surface area contributed by atoms with E-state index in [1.165, 1.54) is 0 Å². The first kappa shape index (κ1) is 13.5. The number of rotatable bonds is 6. The van der Waals surface area contributed by atoms with Crippen LogP contribution in [0.3, 0.4) is 0 Å². The maximum absolute atomic E-state index is 5.86. The number of hydrogen-bond donors (Lipinski definition) is 0. The molecule has 0 atom stereocenters. The molecule has 0 unspecified atom stereocenters. The van der Waals surface area contributed by atoms with Crippen molar-refractivity contribution in [3.05, 3.63) is 54.6 Å². The van der Waals surface area contributed by atoms with E-state index in [1.54, 1.807) is 0 Å². The molecule has 100 valence electrons. The van der Waals surface area contributed by atoms with Gasteiger partial charge in [-0.3, -0.25) is 0 Å². The molecule has 0 heterocycles. The lowest BCUT2D eigenvalue weighted by Gasteiger charge is -2.15. The highest BCUT2D eigenvalue weighted by atomic mass is 16.5. The molecule has 0 spiro atoms. The SMILES string of the molecule is CCC(CC)Oc1ccc(Oc2ccccc2)cc1. The van der Waals surface area contributed by atoms with Crippen LogP contribution in [0, 0.1) is 0 Å². The molecule has 0 aromatic heterocycles. The summed E-state index contributed by atoms with van der Waals surface area (Å²) in [5.74, 6) is 2.56. The van der Waals surface area contributed by atoms with Gasteiger partial charge < -0.3 is 9.47 Å². The zero-order valence-electron chi connectivity index (χ0n) is 11.5. The van der Waals surface area contributed by atoms with Crippen molar-refractivity contribution in [2.45, 2.75) is 32.8 Å². The fourth-order valence-electron chi connectivity index (χ4n) is 1.86. The summed E-state index contributed by atoms with van der Waals surface area (Å²) in [6.07, 6.45) is 2.35. The minimum atomic E-state index is 0.292. The van der Waals surface area contributed by atoms with E-state index in [0.717, 1.165) is 30.1 Å². The van der Waals surface area contributed by atoms with E-state index in [1.807, 2.05) is 54.6 Å². The van der Waals surface area contributed by atoms with Crippen molar-refractivity contribution in [3.8, 4) is 17.2 Å². The first-order chi connectivity index (χ1) is 9.31. The second-order valence-electron chi connectivity index (χ2n) is 4.44. The van der Waals surface area contributed by atoms with Crippen LogP contribution >= 0.6 is 0 Å². The maximum Gasteiger partial charge on any atom is 0.127 e. The van der Waals surface area contributed by atoms with E-state index in [9.17, 15) is 0 Å². The molecule has 0 amide bonds. The normalized spacial score (nSPS) is 10.5. The molecule has 2 nitrogen and oxygen atoms in total. The van der Waals surface area contributed by atoms with Crippen LogP contribution in [0.1, 0.15) is 26.7 Å². The molecule has 0 radical (unpaired) electrons. The van der Waals surface area contributed by atoms with Gasteiger partial charge in [0.05, 0.1) is 6.10 Å². The van der Waals surface area contributed by atoms with Crippen molar-refractivity contribution in [3.63, 3.8) is 0 Å². The summed E-state index contributed by atoms with van der Waals surface area (Å²) in [5.41, 5.74) is 0. The monoisotopic (exact) mass is 256 g/mol. The third-order valence-electron chi connectivity index (χ3n) is 3.02. The molecule has 0 fully saturated rings. The molecule has 2 aromatic carbocycles. The van der Waals surface area contributed by atoms with Crippen LogP contribution < -0.4 is 9.47 Å². The lowest BCUT2D eigenvalue weighted by atomic mass is 10.2. The Morgan fingerprint density at radius 3 is 1.84 bits per heavy atom. The van der Waals surface area contributed by atoms with Gasteiger partial charge in [-0.2, -0.15) is 0 Å². The fraction of sp³-hybridized carbons (Fsp3) is 0.294. The Balaban J connectivity index is 1.98. The Hall–Kier alpha value is -1.96. The van der Waals surface area contributed by atoms with Crippen molar-refractivity contribution in [2.24, 2.45) is 0 Å². The minimum Gasteiger partial charge on any atom is -0.490 e. The average molecular weight is 256 g/mol. The molecular formula is C17H20O2. The summed E-state index contributed by atoms with van der Waals surface area (Å²) in [7, 11) is 0. The van der Waals surface area contributed by atoms with E-state index in [-0.39, 0.29) is 0 Å². The molecule has 0 aliphatic carbocycles. The van der Waals surface area contributed by atoms with Gasteiger partial charge in [0.25, 0.3) is 0 Å². The molecule has 0 bridgehead atoms. The first-order valence-corrected chi connectivity index (χ1v) is 6.81. The van der Waals surface area contributed by atoms with Gasteiger partial charge in [0, 0.05) is 0 Å². The minimum absolute atomic E-state index is 0.292. The molecule has 2 rings (SSSR count). The van der Waals surface area contributed by atoms with E-state index in [0.29, 0.717) is 6.10 Å². The molecule has 19 heavy (non-hydrogen) atoms. The van der Waals surface area contributed by atoms with Crippen LogP contribution in [-0.4, -0.2) is 6.10 Å². The van der Waals surface area contributed by atoms with E-state index in [4.69, 9.17) is 9.47 Å². The summed E-state index contributed by atoms with van der Waals surface area (Å²) < 4.78 is 11.6. The Kier molecular flexibility index (Phi) is 4.85. The Morgan fingerprint density at radius 1 is 0.737 bits per heavy atom. The summed E-state index contributed by atoms with van der Waals surface area (Å²) in [5, 5.41) is 0. The third-order valence-corrected chi connectivity index (χ3v) is 3.02. The predicted octanol–water partition coefficient (Wildman–Crippen LogP) is 5.05. The largest absolute Gasteiger partial charge is 0.490 e. The van der Waals surface area contributed by atoms with E-state index >= 15 is 0 Å². The highest BCUT2D eigenvalue weighted by molar-refractivity contribution is 5.35. The Morgan fingerprint density at radius 2 is 1.26 bits per heavy atom. The fourth-order valence-corrected chi connectivity index (χ4v) is 1.86. The second-order valence-corrected chi connectivity index (χ2v) is 4.44. The van der Waals surface area contributed by atoms with Crippen LogP contribution in [0.2, 0.25) is 0 Å². The Bertz CT molecular complexity index is 472. The molecule has 2 heteroatoms. The van der Waals surface area contributed by atoms with Crippen molar-refractivity contribution < 1.29 is 9.47 Å². The topological polar surface area (TPSA) is 18.5 Å². The van der Waals surface area contributed by atoms with Crippen molar-refractivity contribution in [1.82, 2.24) is 0 Å². The highest BCUT2D eigenvalue weighted by Gasteiger charge is 2.05. The van der Waals surface area contributed by atoms with Crippen LogP contribution in [0.5, 0.6) is 17.2 Å². The second kappa shape index (κ2) is 6.83.